The van der Waals surface area contributed by atoms with E-state index in [0.29, 0.717) is 6.42 Å². The van der Waals surface area contributed by atoms with E-state index in [9.17, 15) is 4.79 Å². The van der Waals surface area contributed by atoms with E-state index in [-0.39, 0.29) is 5.97 Å². The predicted molar refractivity (Wildman–Crippen MR) is 99.9 cm³/mol. The lowest BCUT2D eigenvalue weighted by Crippen LogP contribution is -2.01. The Hall–Kier alpha value is -2.12. The molecule has 7 heteroatoms. The van der Waals surface area contributed by atoms with Gasteiger partial charge in [0.1, 0.15) is 17.0 Å². The highest BCUT2D eigenvalue weighted by atomic mass is 32.2. The molecule has 3 rings (SSSR count). The number of thioether (sulfide) groups is 1. The largest absolute Gasteiger partial charge is 0.469 e. The summed E-state index contributed by atoms with van der Waals surface area (Å²) in [4.78, 5) is 20.7. The van der Waals surface area contributed by atoms with Gasteiger partial charge in [0.15, 0.2) is 0 Å². The van der Waals surface area contributed by atoms with E-state index in [0.717, 1.165) is 33.2 Å². The SMILES string of the molecule is COC(=O)CCSCc1cccc(Nc2ncnc3sccc23)c1. The van der Waals surface area contributed by atoms with Crippen molar-refractivity contribution in [2.24, 2.45) is 0 Å². The molecule has 0 fully saturated rings. The number of benzene rings is 1. The van der Waals surface area contributed by atoms with Gasteiger partial charge in [0.05, 0.1) is 18.9 Å². The number of carbonyl (C=O) groups excluding carboxylic acids is 1. The van der Waals surface area contributed by atoms with Crippen molar-refractivity contribution >= 4 is 50.8 Å². The van der Waals surface area contributed by atoms with Gasteiger partial charge in [-0.1, -0.05) is 12.1 Å². The summed E-state index contributed by atoms with van der Waals surface area (Å²) in [5, 5.41) is 6.40. The van der Waals surface area contributed by atoms with Crippen LogP contribution in [0.25, 0.3) is 10.2 Å². The Morgan fingerprint density at radius 2 is 2.25 bits per heavy atom. The molecule has 0 aliphatic carbocycles. The van der Waals surface area contributed by atoms with Crippen LogP contribution >= 0.6 is 23.1 Å². The van der Waals surface area contributed by atoms with Crippen LogP contribution in [0.1, 0.15) is 12.0 Å². The molecule has 0 spiro atoms. The number of carbonyl (C=O) groups is 1. The summed E-state index contributed by atoms with van der Waals surface area (Å²) in [6.45, 7) is 0. The maximum Gasteiger partial charge on any atom is 0.306 e. The second-order valence-electron chi connectivity index (χ2n) is 5.07. The fourth-order valence-electron chi connectivity index (χ4n) is 2.21. The Labute approximate surface area is 148 Å². The van der Waals surface area contributed by atoms with Gasteiger partial charge in [-0.15, -0.1) is 11.3 Å². The molecule has 2 aromatic heterocycles. The zero-order valence-corrected chi connectivity index (χ0v) is 14.8. The quantitative estimate of drug-likeness (QED) is 0.503. The number of methoxy groups -OCH3 is 1. The molecule has 0 amide bonds. The zero-order chi connectivity index (χ0) is 16.8. The van der Waals surface area contributed by atoms with Crippen molar-refractivity contribution in [3.63, 3.8) is 0 Å². The van der Waals surface area contributed by atoms with E-state index < -0.39 is 0 Å². The molecule has 2 heterocycles. The van der Waals surface area contributed by atoms with Gasteiger partial charge in [-0.2, -0.15) is 11.8 Å². The minimum Gasteiger partial charge on any atom is -0.469 e. The first kappa shape index (κ1) is 16.7. The smallest absolute Gasteiger partial charge is 0.306 e. The van der Waals surface area contributed by atoms with Crippen molar-refractivity contribution in [3.05, 3.63) is 47.6 Å². The predicted octanol–water partition coefficient (Wildman–Crippen LogP) is 4.23. The van der Waals surface area contributed by atoms with Crippen molar-refractivity contribution in [1.82, 2.24) is 9.97 Å². The molecular formula is C17H17N3O2S2. The number of hydrogen-bond acceptors (Lipinski definition) is 7. The second kappa shape index (κ2) is 8.12. The van der Waals surface area contributed by atoms with Gasteiger partial charge in [-0.25, -0.2) is 9.97 Å². The Kier molecular flexibility index (Phi) is 5.66. The number of anilines is 2. The first-order valence-corrected chi connectivity index (χ1v) is 9.48. The number of esters is 1. The Morgan fingerprint density at radius 1 is 1.33 bits per heavy atom. The van der Waals surface area contributed by atoms with Crippen LogP contribution in [0.2, 0.25) is 0 Å². The molecule has 3 aromatic rings. The van der Waals surface area contributed by atoms with E-state index in [1.165, 1.54) is 12.7 Å². The summed E-state index contributed by atoms with van der Waals surface area (Å²) in [6.07, 6.45) is 2.02. The number of ether oxygens (including phenoxy) is 1. The number of thiophene rings is 1. The van der Waals surface area contributed by atoms with E-state index in [1.807, 2.05) is 23.6 Å². The normalized spacial score (nSPS) is 10.7. The van der Waals surface area contributed by atoms with Gasteiger partial charge in [0, 0.05) is 17.2 Å². The highest BCUT2D eigenvalue weighted by Crippen LogP contribution is 2.27. The molecule has 5 nitrogen and oxygen atoms in total. The third-order valence-corrected chi connectivity index (χ3v) is 5.25. The van der Waals surface area contributed by atoms with Crippen molar-refractivity contribution in [3.8, 4) is 0 Å². The van der Waals surface area contributed by atoms with Crippen molar-refractivity contribution in [2.45, 2.75) is 12.2 Å². The van der Waals surface area contributed by atoms with Gasteiger partial charge in [0.2, 0.25) is 0 Å². The van der Waals surface area contributed by atoms with Crippen LogP contribution in [0.3, 0.4) is 0 Å². The average molecular weight is 359 g/mol. The summed E-state index contributed by atoms with van der Waals surface area (Å²) in [7, 11) is 1.42. The molecule has 0 saturated heterocycles. The van der Waals surface area contributed by atoms with Crippen LogP contribution in [-0.4, -0.2) is 28.8 Å². The van der Waals surface area contributed by atoms with E-state index in [1.54, 1.807) is 29.4 Å². The summed E-state index contributed by atoms with van der Waals surface area (Å²) in [6, 6.07) is 10.2. The van der Waals surface area contributed by atoms with Crippen LogP contribution in [0.5, 0.6) is 0 Å². The fraction of sp³-hybridized carbons (Fsp3) is 0.235. The lowest BCUT2D eigenvalue weighted by atomic mass is 10.2. The second-order valence-corrected chi connectivity index (χ2v) is 7.07. The first-order chi connectivity index (χ1) is 11.8. The standard InChI is InChI=1S/C17H17N3O2S2/c1-22-15(21)6-7-23-10-12-3-2-4-13(9-12)20-16-14-5-8-24-17(14)19-11-18-16/h2-5,8-9,11H,6-7,10H2,1H3,(H,18,19,20). The summed E-state index contributed by atoms with van der Waals surface area (Å²) < 4.78 is 4.64. The molecule has 1 aromatic carbocycles. The lowest BCUT2D eigenvalue weighted by Gasteiger charge is -2.08. The van der Waals surface area contributed by atoms with Crippen LogP contribution in [0, 0.1) is 0 Å². The molecule has 24 heavy (non-hydrogen) atoms. The monoisotopic (exact) mass is 359 g/mol. The molecule has 0 saturated carbocycles. The number of rotatable bonds is 7. The van der Waals surface area contributed by atoms with Crippen LogP contribution in [0.4, 0.5) is 11.5 Å². The number of nitrogens with one attached hydrogen (secondary N) is 1. The van der Waals surface area contributed by atoms with Crippen molar-refractivity contribution in [2.75, 3.05) is 18.2 Å². The maximum absolute atomic E-state index is 11.1. The Bertz CT molecular complexity index is 835. The number of fused-ring (bicyclic) bond motifs is 1. The zero-order valence-electron chi connectivity index (χ0n) is 13.2. The van der Waals surface area contributed by atoms with E-state index in [4.69, 9.17) is 0 Å². The van der Waals surface area contributed by atoms with Gasteiger partial charge in [-0.05, 0) is 29.1 Å². The Morgan fingerprint density at radius 3 is 3.12 bits per heavy atom. The minimum absolute atomic E-state index is 0.165. The number of aromatic nitrogens is 2. The van der Waals surface area contributed by atoms with Crippen LogP contribution in [0.15, 0.2) is 42.0 Å². The lowest BCUT2D eigenvalue weighted by molar-refractivity contribution is -0.140. The minimum atomic E-state index is -0.165. The Balaban J connectivity index is 1.63. The molecule has 1 N–H and O–H groups in total. The van der Waals surface area contributed by atoms with Crippen LogP contribution < -0.4 is 5.32 Å². The molecule has 0 atom stereocenters. The van der Waals surface area contributed by atoms with Crippen molar-refractivity contribution in [1.29, 1.82) is 0 Å². The third kappa shape index (κ3) is 4.24. The molecule has 124 valence electrons. The molecule has 0 aliphatic heterocycles. The first-order valence-electron chi connectivity index (χ1n) is 7.45. The summed E-state index contributed by atoms with van der Waals surface area (Å²) in [5.41, 5.74) is 2.19. The topological polar surface area (TPSA) is 64.1 Å². The summed E-state index contributed by atoms with van der Waals surface area (Å²) in [5.74, 6) is 2.26. The molecule has 0 radical (unpaired) electrons. The third-order valence-electron chi connectivity index (χ3n) is 3.40. The molecule has 0 unspecified atom stereocenters. The van der Waals surface area contributed by atoms with E-state index in [2.05, 4.69) is 32.2 Å². The van der Waals surface area contributed by atoms with Crippen molar-refractivity contribution < 1.29 is 9.53 Å². The molecule has 0 bridgehead atoms. The molecule has 0 aliphatic rings. The van der Waals surface area contributed by atoms with Gasteiger partial charge < -0.3 is 10.1 Å². The number of nitrogens with zero attached hydrogens (tertiary/aromatic N) is 2. The molecular weight excluding hydrogens is 342 g/mol. The highest BCUT2D eigenvalue weighted by molar-refractivity contribution is 7.98. The maximum atomic E-state index is 11.1. The van der Waals surface area contributed by atoms with Gasteiger partial charge in [-0.3, -0.25) is 4.79 Å². The van der Waals surface area contributed by atoms with Gasteiger partial charge >= 0.3 is 5.97 Å². The summed E-state index contributed by atoms with van der Waals surface area (Å²) >= 11 is 3.32. The highest BCUT2D eigenvalue weighted by Gasteiger charge is 2.06. The average Bonchev–Trinajstić information content (AvgIpc) is 3.09. The fourth-order valence-corrected chi connectivity index (χ4v) is 3.82. The van der Waals surface area contributed by atoms with E-state index >= 15 is 0 Å². The van der Waals surface area contributed by atoms with Gasteiger partial charge in [0.25, 0.3) is 0 Å². The van der Waals surface area contributed by atoms with Crippen LogP contribution in [-0.2, 0) is 15.3 Å². The number of hydrogen-bond donors (Lipinski definition) is 1.